The maximum Gasteiger partial charge on any atom is 0.233 e. The predicted molar refractivity (Wildman–Crippen MR) is 118 cm³/mol. The fourth-order valence-electron chi connectivity index (χ4n) is 3.38. The molecule has 2 aromatic heterocycles. The second kappa shape index (κ2) is 9.30. The number of Topliss-reactive ketones (excluding diaryl/α,β-unsaturated/α-hetero) is 1. The van der Waals surface area contributed by atoms with Crippen molar-refractivity contribution in [1.29, 1.82) is 0 Å². The second-order valence-corrected chi connectivity index (χ2v) is 8.24. The van der Waals surface area contributed by atoms with Gasteiger partial charge in [-0.1, -0.05) is 11.8 Å². The highest BCUT2D eigenvalue weighted by atomic mass is 32.2. The van der Waals surface area contributed by atoms with Crippen LogP contribution in [0.25, 0.3) is 11.5 Å². The molecule has 0 atom stereocenters. The van der Waals surface area contributed by atoms with Crippen LogP contribution in [-0.4, -0.2) is 63.7 Å². The predicted octanol–water partition coefficient (Wildman–Crippen LogP) is 3.08. The average Bonchev–Trinajstić information content (AvgIpc) is 3.24. The van der Waals surface area contributed by atoms with Gasteiger partial charge >= 0.3 is 0 Å². The monoisotopic (exact) mass is 437 g/mol. The summed E-state index contributed by atoms with van der Waals surface area (Å²) >= 11 is 1.28. The van der Waals surface area contributed by atoms with Crippen molar-refractivity contribution in [2.24, 2.45) is 0 Å². The van der Waals surface area contributed by atoms with Crippen molar-refractivity contribution >= 4 is 29.1 Å². The van der Waals surface area contributed by atoms with Crippen molar-refractivity contribution < 1.29 is 14.0 Å². The molecule has 0 bridgehead atoms. The SMILES string of the molecule is CC(=O)c1ccc(N2CCN(C(=O)CSc3nncc(-c4ccc(C)o4)n3)CC2)cc1. The lowest BCUT2D eigenvalue weighted by molar-refractivity contribution is -0.128. The summed E-state index contributed by atoms with van der Waals surface area (Å²) in [6.07, 6.45) is 1.55. The van der Waals surface area contributed by atoms with Gasteiger partial charge in [-0.25, -0.2) is 4.98 Å². The third kappa shape index (κ3) is 5.11. The van der Waals surface area contributed by atoms with Gasteiger partial charge in [-0.05, 0) is 50.2 Å². The van der Waals surface area contributed by atoms with Crippen LogP contribution in [0, 0.1) is 6.92 Å². The molecule has 0 N–H and O–H groups in total. The number of benzene rings is 1. The molecular weight excluding hydrogens is 414 g/mol. The number of rotatable bonds is 6. The van der Waals surface area contributed by atoms with Gasteiger partial charge < -0.3 is 14.2 Å². The molecule has 0 spiro atoms. The molecule has 4 rings (SSSR count). The van der Waals surface area contributed by atoms with E-state index < -0.39 is 0 Å². The van der Waals surface area contributed by atoms with Crippen molar-refractivity contribution in [3.05, 3.63) is 53.9 Å². The van der Waals surface area contributed by atoms with E-state index in [0.717, 1.165) is 24.5 Å². The molecule has 9 heteroatoms. The first-order valence-electron chi connectivity index (χ1n) is 10.0. The summed E-state index contributed by atoms with van der Waals surface area (Å²) in [5.74, 6) is 1.80. The van der Waals surface area contributed by atoms with E-state index in [9.17, 15) is 9.59 Å². The highest BCUT2D eigenvalue weighted by molar-refractivity contribution is 7.99. The van der Waals surface area contributed by atoms with Crippen molar-refractivity contribution in [3.8, 4) is 11.5 Å². The van der Waals surface area contributed by atoms with Crippen LogP contribution in [0.4, 0.5) is 5.69 Å². The molecule has 160 valence electrons. The van der Waals surface area contributed by atoms with Crippen molar-refractivity contribution in [1.82, 2.24) is 20.1 Å². The lowest BCUT2D eigenvalue weighted by atomic mass is 10.1. The van der Waals surface area contributed by atoms with Crippen molar-refractivity contribution in [3.63, 3.8) is 0 Å². The largest absolute Gasteiger partial charge is 0.460 e. The Bertz CT molecular complexity index is 1070. The molecule has 0 radical (unpaired) electrons. The van der Waals surface area contributed by atoms with Crippen LogP contribution in [0.3, 0.4) is 0 Å². The maximum atomic E-state index is 12.6. The summed E-state index contributed by atoms with van der Waals surface area (Å²) in [4.78, 5) is 32.6. The van der Waals surface area contributed by atoms with E-state index in [4.69, 9.17) is 4.42 Å². The summed E-state index contributed by atoms with van der Waals surface area (Å²) in [6.45, 7) is 6.24. The summed E-state index contributed by atoms with van der Waals surface area (Å²) < 4.78 is 5.57. The number of hydrogen-bond donors (Lipinski definition) is 0. The van der Waals surface area contributed by atoms with E-state index in [0.29, 0.717) is 35.3 Å². The van der Waals surface area contributed by atoms with Gasteiger partial charge in [-0.3, -0.25) is 9.59 Å². The van der Waals surface area contributed by atoms with Crippen LogP contribution >= 0.6 is 11.8 Å². The van der Waals surface area contributed by atoms with E-state index in [1.54, 1.807) is 13.1 Å². The molecule has 0 saturated carbocycles. The number of thioether (sulfide) groups is 1. The Labute approximate surface area is 184 Å². The van der Waals surface area contributed by atoms with Gasteiger partial charge in [0.1, 0.15) is 11.5 Å². The third-order valence-electron chi connectivity index (χ3n) is 5.13. The number of nitrogens with zero attached hydrogens (tertiary/aromatic N) is 5. The molecule has 0 unspecified atom stereocenters. The number of anilines is 1. The quantitative estimate of drug-likeness (QED) is 0.429. The number of furan rings is 1. The Morgan fingerprint density at radius 1 is 1.06 bits per heavy atom. The number of hydrogen-bond acceptors (Lipinski definition) is 8. The highest BCUT2D eigenvalue weighted by Gasteiger charge is 2.22. The van der Waals surface area contributed by atoms with Crippen LogP contribution in [0.2, 0.25) is 0 Å². The van der Waals surface area contributed by atoms with Crippen LogP contribution in [0.5, 0.6) is 0 Å². The zero-order valence-electron chi connectivity index (χ0n) is 17.4. The normalized spacial score (nSPS) is 14.0. The van der Waals surface area contributed by atoms with E-state index in [-0.39, 0.29) is 17.4 Å². The number of ketones is 1. The average molecular weight is 438 g/mol. The molecule has 1 aliphatic rings. The molecule has 1 aliphatic heterocycles. The van der Waals surface area contributed by atoms with E-state index in [1.165, 1.54) is 11.8 Å². The van der Waals surface area contributed by atoms with Crippen LogP contribution in [-0.2, 0) is 4.79 Å². The van der Waals surface area contributed by atoms with E-state index in [2.05, 4.69) is 20.1 Å². The second-order valence-electron chi connectivity index (χ2n) is 7.29. The van der Waals surface area contributed by atoms with Gasteiger partial charge in [0.2, 0.25) is 11.1 Å². The number of amides is 1. The number of piperazine rings is 1. The maximum absolute atomic E-state index is 12.6. The zero-order chi connectivity index (χ0) is 21.8. The van der Waals surface area contributed by atoms with Gasteiger partial charge in [0.25, 0.3) is 0 Å². The van der Waals surface area contributed by atoms with E-state index >= 15 is 0 Å². The van der Waals surface area contributed by atoms with Gasteiger partial charge in [0, 0.05) is 37.4 Å². The third-order valence-corrected chi connectivity index (χ3v) is 5.95. The van der Waals surface area contributed by atoms with Crippen molar-refractivity contribution in [2.75, 3.05) is 36.8 Å². The van der Waals surface area contributed by atoms with Gasteiger partial charge in [0.05, 0.1) is 11.9 Å². The van der Waals surface area contributed by atoms with Gasteiger partial charge in [0.15, 0.2) is 11.5 Å². The van der Waals surface area contributed by atoms with Crippen molar-refractivity contribution in [2.45, 2.75) is 19.0 Å². The molecule has 3 aromatic rings. The van der Waals surface area contributed by atoms with Crippen LogP contribution < -0.4 is 4.90 Å². The minimum Gasteiger partial charge on any atom is -0.460 e. The molecule has 1 saturated heterocycles. The summed E-state index contributed by atoms with van der Waals surface area (Å²) in [7, 11) is 0. The molecule has 31 heavy (non-hydrogen) atoms. The Kier molecular flexibility index (Phi) is 6.31. The number of aromatic nitrogens is 3. The van der Waals surface area contributed by atoms with E-state index in [1.807, 2.05) is 48.2 Å². The van der Waals surface area contributed by atoms with Gasteiger partial charge in [-0.15, -0.1) is 5.10 Å². The molecule has 3 heterocycles. The topological polar surface area (TPSA) is 92.4 Å². The fraction of sp³-hybridized carbons (Fsp3) is 0.318. The summed E-state index contributed by atoms with van der Waals surface area (Å²) in [5, 5.41) is 8.44. The smallest absolute Gasteiger partial charge is 0.233 e. The Hall–Kier alpha value is -3.20. The first-order valence-corrected chi connectivity index (χ1v) is 11.0. The number of carbonyl (C=O) groups excluding carboxylic acids is 2. The Morgan fingerprint density at radius 3 is 2.45 bits per heavy atom. The molecule has 1 aromatic carbocycles. The first-order chi connectivity index (χ1) is 15.0. The number of carbonyl (C=O) groups is 2. The lowest BCUT2D eigenvalue weighted by Crippen LogP contribution is -2.49. The minimum absolute atomic E-state index is 0.0550. The Balaban J connectivity index is 1.29. The summed E-state index contributed by atoms with van der Waals surface area (Å²) in [6, 6.07) is 11.3. The molecule has 1 fully saturated rings. The first kappa shape index (κ1) is 21.0. The molecule has 0 aliphatic carbocycles. The molecule has 8 nitrogen and oxygen atoms in total. The minimum atomic E-state index is 0.0550. The number of aryl methyl sites for hydroxylation is 1. The Morgan fingerprint density at radius 2 is 1.81 bits per heavy atom. The zero-order valence-corrected chi connectivity index (χ0v) is 18.3. The molecule has 1 amide bonds. The summed E-state index contributed by atoms with van der Waals surface area (Å²) in [5.41, 5.74) is 2.37. The van der Waals surface area contributed by atoms with Gasteiger partial charge in [-0.2, -0.15) is 5.10 Å². The fourth-order valence-corrected chi connectivity index (χ4v) is 4.08. The lowest BCUT2D eigenvalue weighted by Gasteiger charge is -2.36. The van der Waals surface area contributed by atoms with Crippen LogP contribution in [0.1, 0.15) is 23.0 Å². The molecular formula is C22H23N5O3S. The standard InChI is InChI=1S/C22H23N5O3S/c1-15-3-8-20(30-15)19-13-23-25-22(24-19)31-14-21(29)27-11-9-26(10-12-27)18-6-4-17(5-7-18)16(2)28/h3-8,13H,9-12,14H2,1-2H3. The van der Waals surface area contributed by atoms with Crippen LogP contribution in [0.15, 0.2) is 52.2 Å². The highest BCUT2D eigenvalue weighted by Crippen LogP contribution is 2.22.